The number of benzene rings is 1. The summed E-state index contributed by atoms with van der Waals surface area (Å²) in [4.78, 5) is 4.05. The molecule has 18 heavy (non-hydrogen) atoms. The Bertz CT molecular complexity index is 511. The second-order valence-electron chi connectivity index (χ2n) is 4.21. The van der Waals surface area contributed by atoms with Crippen LogP contribution in [0.2, 0.25) is 0 Å². The Morgan fingerprint density at radius 3 is 2.50 bits per heavy atom. The van der Waals surface area contributed by atoms with Gasteiger partial charge in [-0.2, -0.15) is 0 Å². The Labute approximate surface area is 108 Å². The molecule has 0 aliphatic rings. The monoisotopic (exact) mass is 242 g/mol. The molecule has 1 aromatic carbocycles. The molecule has 0 radical (unpaired) electrons. The highest BCUT2D eigenvalue weighted by atomic mass is 16.5. The summed E-state index contributed by atoms with van der Waals surface area (Å²) >= 11 is 0. The summed E-state index contributed by atoms with van der Waals surface area (Å²) in [5.41, 5.74) is 3.46. The van der Waals surface area contributed by atoms with Crippen molar-refractivity contribution in [2.24, 2.45) is 0 Å². The summed E-state index contributed by atoms with van der Waals surface area (Å²) in [5.74, 6) is 0.883. The standard InChI is InChI=1S/C15H18N2O/c1-11(16-2)13-4-5-15(18-3)14(10-13)12-6-8-17-9-7-12/h4-11,16H,1-3H3. The van der Waals surface area contributed by atoms with Crippen LogP contribution < -0.4 is 10.1 Å². The molecule has 1 N–H and O–H groups in total. The molecule has 2 rings (SSSR count). The molecule has 0 saturated heterocycles. The van der Waals surface area contributed by atoms with Gasteiger partial charge in [0.15, 0.2) is 0 Å². The van der Waals surface area contributed by atoms with E-state index < -0.39 is 0 Å². The molecule has 3 nitrogen and oxygen atoms in total. The van der Waals surface area contributed by atoms with Crippen LogP contribution in [0.25, 0.3) is 11.1 Å². The molecule has 94 valence electrons. The van der Waals surface area contributed by atoms with Crippen LogP contribution in [0.1, 0.15) is 18.5 Å². The van der Waals surface area contributed by atoms with Crippen molar-refractivity contribution < 1.29 is 4.74 Å². The topological polar surface area (TPSA) is 34.1 Å². The molecular formula is C15H18N2O. The lowest BCUT2D eigenvalue weighted by atomic mass is 10.00. The van der Waals surface area contributed by atoms with Crippen molar-refractivity contribution >= 4 is 0 Å². The number of pyridine rings is 1. The van der Waals surface area contributed by atoms with Gasteiger partial charge < -0.3 is 10.1 Å². The highest BCUT2D eigenvalue weighted by molar-refractivity contribution is 5.71. The average Bonchev–Trinajstić information content (AvgIpc) is 2.46. The molecular weight excluding hydrogens is 224 g/mol. The van der Waals surface area contributed by atoms with Crippen LogP contribution in [0.4, 0.5) is 0 Å². The van der Waals surface area contributed by atoms with E-state index >= 15 is 0 Å². The van der Waals surface area contributed by atoms with E-state index in [0.717, 1.165) is 16.9 Å². The Balaban J connectivity index is 2.50. The van der Waals surface area contributed by atoms with Crippen molar-refractivity contribution in [1.29, 1.82) is 0 Å². The number of hydrogen-bond donors (Lipinski definition) is 1. The predicted octanol–water partition coefficient (Wildman–Crippen LogP) is 3.04. The molecule has 0 fully saturated rings. The summed E-state index contributed by atoms with van der Waals surface area (Å²) in [5, 5.41) is 3.24. The van der Waals surface area contributed by atoms with E-state index in [9.17, 15) is 0 Å². The first kappa shape index (κ1) is 12.6. The Morgan fingerprint density at radius 1 is 1.17 bits per heavy atom. The van der Waals surface area contributed by atoms with Crippen LogP contribution in [-0.4, -0.2) is 19.1 Å². The van der Waals surface area contributed by atoms with Gasteiger partial charge in [-0.3, -0.25) is 4.98 Å². The first-order valence-corrected chi connectivity index (χ1v) is 6.02. The summed E-state index contributed by atoms with van der Waals surface area (Å²) in [6, 6.07) is 10.6. The van der Waals surface area contributed by atoms with E-state index in [1.165, 1.54) is 5.56 Å². The molecule has 0 bridgehead atoms. The molecule has 1 aromatic heterocycles. The van der Waals surface area contributed by atoms with Crippen molar-refractivity contribution in [2.45, 2.75) is 13.0 Å². The maximum absolute atomic E-state index is 5.43. The van der Waals surface area contributed by atoms with Gasteiger partial charge in [0.25, 0.3) is 0 Å². The second-order valence-corrected chi connectivity index (χ2v) is 4.21. The van der Waals surface area contributed by atoms with Gasteiger partial charge in [0.1, 0.15) is 5.75 Å². The molecule has 1 unspecified atom stereocenters. The normalized spacial score (nSPS) is 12.2. The molecule has 0 spiro atoms. The minimum Gasteiger partial charge on any atom is -0.496 e. The van der Waals surface area contributed by atoms with Crippen molar-refractivity contribution in [3.05, 3.63) is 48.3 Å². The minimum absolute atomic E-state index is 0.316. The van der Waals surface area contributed by atoms with Gasteiger partial charge in [-0.15, -0.1) is 0 Å². The zero-order chi connectivity index (χ0) is 13.0. The molecule has 0 saturated carbocycles. The average molecular weight is 242 g/mol. The summed E-state index contributed by atoms with van der Waals surface area (Å²) in [6.45, 7) is 2.14. The zero-order valence-electron chi connectivity index (χ0n) is 11.0. The minimum atomic E-state index is 0.316. The smallest absolute Gasteiger partial charge is 0.126 e. The number of aromatic nitrogens is 1. The van der Waals surface area contributed by atoms with E-state index in [2.05, 4.69) is 29.4 Å². The van der Waals surface area contributed by atoms with E-state index in [0.29, 0.717) is 6.04 Å². The fraction of sp³-hybridized carbons (Fsp3) is 0.267. The van der Waals surface area contributed by atoms with Gasteiger partial charge in [0.05, 0.1) is 7.11 Å². The second kappa shape index (κ2) is 5.65. The number of rotatable bonds is 4. The quantitative estimate of drug-likeness (QED) is 0.894. The number of nitrogens with one attached hydrogen (secondary N) is 1. The van der Waals surface area contributed by atoms with Crippen molar-refractivity contribution in [3.8, 4) is 16.9 Å². The third-order valence-corrected chi connectivity index (χ3v) is 3.15. The van der Waals surface area contributed by atoms with Crippen LogP contribution in [0.15, 0.2) is 42.7 Å². The van der Waals surface area contributed by atoms with E-state index in [1.807, 2.05) is 25.2 Å². The first-order valence-electron chi connectivity index (χ1n) is 6.02. The van der Waals surface area contributed by atoms with E-state index in [1.54, 1.807) is 19.5 Å². The number of nitrogens with zero attached hydrogens (tertiary/aromatic N) is 1. The Kier molecular flexibility index (Phi) is 3.95. The van der Waals surface area contributed by atoms with Crippen molar-refractivity contribution in [2.75, 3.05) is 14.2 Å². The zero-order valence-corrected chi connectivity index (χ0v) is 11.0. The number of methoxy groups -OCH3 is 1. The first-order chi connectivity index (χ1) is 8.76. The third kappa shape index (κ3) is 2.51. The van der Waals surface area contributed by atoms with Gasteiger partial charge in [0, 0.05) is 24.0 Å². The fourth-order valence-electron chi connectivity index (χ4n) is 1.92. The lowest BCUT2D eigenvalue weighted by Crippen LogP contribution is -2.12. The fourth-order valence-corrected chi connectivity index (χ4v) is 1.92. The van der Waals surface area contributed by atoms with Gasteiger partial charge >= 0.3 is 0 Å². The molecule has 0 amide bonds. The van der Waals surface area contributed by atoms with E-state index in [4.69, 9.17) is 4.74 Å². The molecule has 2 aromatic rings. The Hall–Kier alpha value is -1.87. The van der Waals surface area contributed by atoms with Crippen molar-refractivity contribution in [3.63, 3.8) is 0 Å². The third-order valence-electron chi connectivity index (χ3n) is 3.15. The highest BCUT2D eigenvalue weighted by Crippen LogP contribution is 2.32. The lowest BCUT2D eigenvalue weighted by molar-refractivity contribution is 0.416. The summed E-state index contributed by atoms with van der Waals surface area (Å²) in [7, 11) is 3.65. The summed E-state index contributed by atoms with van der Waals surface area (Å²) in [6.07, 6.45) is 3.59. The molecule has 3 heteroatoms. The van der Waals surface area contributed by atoms with Crippen LogP contribution in [0, 0.1) is 0 Å². The number of ether oxygens (including phenoxy) is 1. The number of hydrogen-bond acceptors (Lipinski definition) is 3. The van der Waals surface area contributed by atoms with Gasteiger partial charge in [-0.05, 0) is 49.4 Å². The molecule has 0 aliphatic heterocycles. The van der Waals surface area contributed by atoms with Crippen LogP contribution in [0.3, 0.4) is 0 Å². The largest absolute Gasteiger partial charge is 0.496 e. The van der Waals surface area contributed by atoms with Crippen LogP contribution in [0.5, 0.6) is 5.75 Å². The SMILES string of the molecule is CNC(C)c1ccc(OC)c(-c2ccncc2)c1. The molecule has 1 heterocycles. The van der Waals surface area contributed by atoms with Gasteiger partial charge in [-0.25, -0.2) is 0 Å². The van der Waals surface area contributed by atoms with Crippen LogP contribution in [-0.2, 0) is 0 Å². The Morgan fingerprint density at radius 2 is 1.89 bits per heavy atom. The van der Waals surface area contributed by atoms with Crippen molar-refractivity contribution in [1.82, 2.24) is 10.3 Å². The lowest BCUT2D eigenvalue weighted by Gasteiger charge is -2.15. The predicted molar refractivity (Wildman–Crippen MR) is 73.7 cm³/mol. The summed E-state index contributed by atoms with van der Waals surface area (Å²) < 4.78 is 5.43. The van der Waals surface area contributed by atoms with E-state index in [-0.39, 0.29) is 0 Å². The maximum atomic E-state index is 5.43. The molecule has 1 atom stereocenters. The van der Waals surface area contributed by atoms with Gasteiger partial charge in [-0.1, -0.05) is 6.07 Å². The van der Waals surface area contributed by atoms with Crippen LogP contribution >= 0.6 is 0 Å². The van der Waals surface area contributed by atoms with Gasteiger partial charge in [0.2, 0.25) is 0 Å². The maximum Gasteiger partial charge on any atom is 0.126 e. The highest BCUT2D eigenvalue weighted by Gasteiger charge is 2.09. The molecule has 0 aliphatic carbocycles.